The predicted molar refractivity (Wildman–Crippen MR) is 545 cm³/mol. The van der Waals surface area contributed by atoms with Crippen LogP contribution in [0.15, 0.2) is 59.9 Å². The zero-order chi connectivity index (χ0) is 94.2. The van der Waals surface area contributed by atoms with E-state index in [0.29, 0.717) is 0 Å². The van der Waals surface area contributed by atoms with E-state index in [1.165, 1.54) is 157 Å². The zero-order valence-corrected chi connectivity index (χ0v) is 85.4. The van der Waals surface area contributed by atoms with Gasteiger partial charge in [0.25, 0.3) is 0 Å². The van der Waals surface area contributed by atoms with Crippen LogP contribution < -0.4 is 11.1 Å². The summed E-state index contributed by atoms with van der Waals surface area (Å²) in [7, 11) is 14.1. The normalized spacial score (nSPS) is 18.7. The summed E-state index contributed by atoms with van der Waals surface area (Å²) in [5.41, 5.74) is 5.39. The van der Waals surface area contributed by atoms with Gasteiger partial charge in [0.05, 0.1) is 143 Å². The maximum atomic E-state index is 8.64. The molecule has 0 aliphatic carbocycles. The standard InChI is InChI=1S/C9H19N3.3C8H16N2O.C8H16N2.C7H15N3.2C7H14N2O.C7H15N2.2C7H14N2.C6H12N2.C5H10N2/c1-9-10-5-8-12(9)7-4-6-11(2)3;1-8-9-4-6-10(8)5-3-7-11-2;1-8-9-4-3-5-10(8)6-7-11-2;1-8-9-4-2-5-10(8)6-3-7-11;1-3-6-10-7-4-5-9-8(10)2;1-7-9-4-6-10(7)5-2-3-8;1-7-8-3-5-9(7)4-2-6-10;1-7-8-3-2-4-9(7)5-6-10;1-7-8(2)5-4-6-9(7)3;1-3-9-6-4-5-8-7(9)2;1-3-5-9-6-4-8-7(9)2;1-6-7-4-3-5-8(6)2;1-5-6-3-2-4-7-5/h4-8H2,1-3H3;2*3-7H2,1-2H3;11H,2-7H2,1H3;3-7H2,1-2H3;2-6,8H2,1H3;2*10H,2-6H2,1H3;4-6H2,1-3H3;2*3-6H2,1-2H3;3-5H2,1-2H3;2-4H2,1H3,(H,6,7)/q;;;;;;;;+1;;;;. The summed E-state index contributed by atoms with van der Waals surface area (Å²) >= 11 is 0. The Morgan fingerprint density at radius 2 is 0.654 bits per heavy atom. The van der Waals surface area contributed by atoms with Crippen LogP contribution in [0.3, 0.4) is 0 Å². The molecule has 0 bridgehead atoms. The van der Waals surface area contributed by atoms with E-state index in [0.717, 1.165) is 277 Å². The number of nitrogens with one attached hydrogen (secondary N) is 1. The molecular weight excluding hydrogens is 1600 g/mol. The Morgan fingerprint density at radius 1 is 0.339 bits per heavy atom. The van der Waals surface area contributed by atoms with Gasteiger partial charge in [0.1, 0.15) is 0 Å². The molecule has 13 heterocycles. The Morgan fingerprint density at radius 3 is 0.929 bits per heavy atom. The summed E-state index contributed by atoms with van der Waals surface area (Å²) in [6, 6.07) is 0. The second-order valence-electron chi connectivity index (χ2n) is 33.7. The van der Waals surface area contributed by atoms with Gasteiger partial charge in [-0.3, -0.25) is 69.4 Å². The van der Waals surface area contributed by atoms with Crippen molar-refractivity contribution in [3.63, 3.8) is 0 Å². The first-order chi connectivity index (χ1) is 61.2. The molecule has 0 aromatic carbocycles. The van der Waals surface area contributed by atoms with Crippen LogP contribution in [0.25, 0.3) is 0 Å². The lowest BCUT2D eigenvalue weighted by molar-refractivity contribution is -0.508. The molecule has 6 N–H and O–H groups in total. The van der Waals surface area contributed by atoms with Crippen molar-refractivity contribution in [1.29, 1.82) is 0 Å². The Bertz CT molecular complexity index is 3130. The highest BCUT2D eigenvalue weighted by Crippen LogP contribution is 2.11. The van der Waals surface area contributed by atoms with E-state index >= 15 is 0 Å². The first-order valence-electron chi connectivity index (χ1n) is 48.7. The number of nitrogens with zero attached hydrogens (tertiary/aromatic N) is 26. The van der Waals surface area contributed by atoms with E-state index in [-0.39, 0.29) is 19.8 Å². The number of nitrogens with two attached hydrogens (primary N) is 1. The van der Waals surface area contributed by atoms with Gasteiger partial charge in [-0.1, -0.05) is 13.8 Å². The summed E-state index contributed by atoms with van der Waals surface area (Å²) in [6.07, 6.45) is 17.2. The summed E-state index contributed by atoms with van der Waals surface area (Å²) < 4.78 is 12.3. The molecule has 736 valence electrons. The largest absolute Gasteiger partial charge is 0.396 e. The van der Waals surface area contributed by atoms with E-state index in [4.69, 9.17) is 30.5 Å². The second kappa shape index (κ2) is 76.5. The smallest absolute Gasteiger partial charge is 0.243 e. The number of aliphatic imine (C=N–C) groups is 12. The molecule has 0 unspecified atom stereocenters. The van der Waals surface area contributed by atoms with Gasteiger partial charge in [0, 0.05) is 244 Å². The van der Waals surface area contributed by atoms with Crippen molar-refractivity contribution in [3.05, 3.63) is 0 Å². The average Bonchev–Trinajstić information content (AvgIpc) is 1.35. The number of amidine groups is 13. The van der Waals surface area contributed by atoms with E-state index in [1.807, 2.05) is 27.7 Å². The zero-order valence-electron chi connectivity index (χ0n) is 85.4. The number of rotatable bonds is 27. The first kappa shape index (κ1) is 118. The highest BCUT2D eigenvalue weighted by molar-refractivity contribution is 5.85. The van der Waals surface area contributed by atoms with Crippen LogP contribution >= 0.6 is 0 Å². The van der Waals surface area contributed by atoms with Crippen LogP contribution in [0.2, 0.25) is 0 Å². The minimum atomic E-state index is 0.229. The van der Waals surface area contributed by atoms with Gasteiger partial charge in [-0.15, -0.1) is 0 Å². The van der Waals surface area contributed by atoms with Crippen LogP contribution in [0.5, 0.6) is 0 Å². The Kier molecular flexibility index (Phi) is 71.0. The number of aliphatic hydroxyl groups excluding tert-OH is 3. The maximum Gasteiger partial charge on any atom is 0.243 e. The molecule has 0 saturated heterocycles. The molecule has 0 fully saturated rings. The SMILES string of the molecule is CC1=NCCCN1.CC1=NCCCN1C.CC1=NCCCN1CCCO.CC1=NCCCN1CCO.CC1=NCCN1CCCN.CC1=NCCN1CCCN(C)C.CC1=NCCN1CCCO.CC1=[N+](C)CCCN1C.CCCN1CCCN=C1C.CCCN1CCN=C1C.CCN1CCCN=C1C.COCCCN1CCN=C1C.COCCN1CCCN=C1C. The Labute approximate surface area is 774 Å². The van der Waals surface area contributed by atoms with Crippen molar-refractivity contribution in [2.45, 2.75) is 207 Å². The van der Waals surface area contributed by atoms with Gasteiger partial charge in [-0.2, -0.15) is 0 Å². The molecule has 33 nitrogen and oxygen atoms in total. The van der Waals surface area contributed by atoms with Crippen LogP contribution in [-0.4, -0.2) is 491 Å². The van der Waals surface area contributed by atoms with E-state index in [1.54, 1.807) is 14.2 Å². The fourth-order valence-corrected chi connectivity index (χ4v) is 14.9. The van der Waals surface area contributed by atoms with Gasteiger partial charge in [-0.05, 0) is 207 Å². The molecule has 33 heteroatoms. The van der Waals surface area contributed by atoms with Crippen molar-refractivity contribution in [2.24, 2.45) is 65.6 Å². The molecule has 127 heavy (non-hydrogen) atoms. The molecule has 0 aromatic rings. The lowest BCUT2D eigenvalue weighted by atomic mass is 10.3. The molecule has 0 amide bonds. The molecule has 13 rings (SSSR count). The minimum Gasteiger partial charge on any atom is -0.396 e. The monoisotopic (exact) mass is 1790 g/mol. The summed E-state index contributed by atoms with van der Waals surface area (Å²) in [5, 5.41) is 28.9. The lowest BCUT2D eigenvalue weighted by Gasteiger charge is -2.27. The molecular formula is C94H191N28O5+. The number of β-amino-alcohol motifs (C(OH)–C–C–N with tert-alkyl or cyclic N) is 1. The van der Waals surface area contributed by atoms with E-state index in [9.17, 15) is 0 Å². The maximum absolute atomic E-state index is 8.64. The summed E-state index contributed by atoms with van der Waals surface area (Å²) in [4.78, 5) is 80.9. The quantitative estimate of drug-likeness (QED) is 0.0382. The highest BCUT2D eigenvalue weighted by Gasteiger charge is 2.20. The van der Waals surface area contributed by atoms with Crippen molar-refractivity contribution < 1.29 is 29.4 Å². The van der Waals surface area contributed by atoms with Crippen molar-refractivity contribution in [2.75, 3.05) is 331 Å². The van der Waals surface area contributed by atoms with E-state index in [2.05, 4.69) is 252 Å². The highest BCUT2D eigenvalue weighted by atomic mass is 16.5. The third-order valence-corrected chi connectivity index (χ3v) is 23.4. The molecule has 0 radical (unpaired) electrons. The van der Waals surface area contributed by atoms with Gasteiger partial charge in [0.15, 0.2) is 0 Å². The molecule has 0 atom stereocenters. The number of methoxy groups -OCH3 is 2. The van der Waals surface area contributed by atoms with Gasteiger partial charge < -0.3 is 94.6 Å². The van der Waals surface area contributed by atoms with Crippen LogP contribution in [0, 0.1) is 0 Å². The minimum absolute atomic E-state index is 0.229. The molecule has 13 aliphatic heterocycles. The third kappa shape index (κ3) is 56.9. The fourth-order valence-electron chi connectivity index (χ4n) is 14.9. The fraction of sp³-hybridized carbons (Fsp3) is 0.862. The molecule has 0 spiro atoms. The van der Waals surface area contributed by atoms with Crippen LogP contribution in [0.1, 0.15) is 207 Å². The van der Waals surface area contributed by atoms with Gasteiger partial charge in [0.2, 0.25) is 5.84 Å². The lowest BCUT2D eigenvalue weighted by Crippen LogP contribution is -2.38. The van der Waals surface area contributed by atoms with Gasteiger partial charge >= 0.3 is 0 Å². The molecule has 13 aliphatic rings. The first-order valence-corrected chi connectivity index (χ1v) is 48.7. The second-order valence-corrected chi connectivity index (χ2v) is 33.7. The van der Waals surface area contributed by atoms with Crippen molar-refractivity contribution in [3.8, 4) is 0 Å². The van der Waals surface area contributed by atoms with Crippen LogP contribution in [0.4, 0.5) is 0 Å². The third-order valence-electron chi connectivity index (χ3n) is 23.4. The molecule has 0 aromatic heterocycles. The number of ether oxygens (including phenoxy) is 2. The average molecular weight is 1790 g/mol. The Hall–Kier alpha value is -7.17. The molecule has 0 saturated carbocycles. The van der Waals surface area contributed by atoms with Gasteiger partial charge in [-0.25, -0.2) is 0 Å². The summed E-state index contributed by atoms with van der Waals surface area (Å²) in [6.45, 7) is 76.0. The van der Waals surface area contributed by atoms with Crippen LogP contribution in [-0.2, 0) is 9.47 Å². The van der Waals surface area contributed by atoms with E-state index < -0.39 is 0 Å². The Balaban J connectivity index is 0.000000689. The summed E-state index contributed by atoms with van der Waals surface area (Å²) in [5.74, 6) is 15.4. The number of hydrogen-bond donors (Lipinski definition) is 5. The van der Waals surface area contributed by atoms with Crippen molar-refractivity contribution in [1.82, 2.24) is 69.0 Å². The number of aliphatic hydroxyl groups is 3. The number of hydrogen-bond acceptors (Lipinski definition) is 32. The predicted octanol–water partition coefficient (Wildman–Crippen LogP) is 8.26. The topological polar surface area (TPSA) is 311 Å². The van der Waals surface area contributed by atoms with Crippen molar-refractivity contribution >= 4 is 75.9 Å².